The van der Waals surface area contributed by atoms with Gasteiger partial charge in [0.05, 0.1) is 18.1 Å². The summed E-state index contributed by atoms with van der Waals surface area (Å²) in [6.07, 6.45) is -4.83. The molecule has 0 bridgehead atoms. The van der Waals surface area contributed by atoms with Crippen LogP contribution in [0.4, 0.5) is 13.2 Å². The van der Waals surface area contributed by atoms with E-state index < -0.39 is 12.0 Å². The van der Waals surface area contributed by atoms with Gasteiger partial charge in [0.15, 0.2) is 0 Å². The van der Waals surface area contributed by atoms with E-state index in [1.807, 2.05) is 24.3 Å². The lowest BCUT2D eigenvalue weighted by Crippen LogP contribution is -2.35. The van der Waals surface area contributed by atoms with Crippen LogP contribution in [0.25, 0.3) is 10.4 Å². The van der Waals surface area contributed by atoms with Gasteiger partial charge in [-0.1, -0.05) is 18.2 Å². The molecule has 2 aromatic rings. The molecular weight excluding hydrogens is 339 g/mol. The Labute approximate surface area is 141 Å². The van der Waals surface area contributed by atoms with Crippen LogP contribution in [0.5, 0.6) is 0 Å². The Kier molecular flexibility index (Phi) is 5.03. The van der Waals surface area contributed by atoms with Gasteiger partial charge < -0.3 is 4.74 Å². The SMILES string of the molecule is O=C(c1ccc(-c2cccc(CN3CCOCC3)c2)s1)C(F)(F)F. The number of nitrogens with zero attached hydrogens (tertiary/aromatic N) is 1. The van der Waals surface area contributed by atoms with Crippen LogP contribution in [0, 0.1) is 0 Å². The summed E-state index contributed by atoms with van der Waals surface area (Å²) in [5, 5.41) is 0. The number of hydrogen-bond acceptors (Lipinski definition) is 4. The van der Waals surface area contributed by atoms with E-state index in [2.05, 4.69) is 4.90 Å². The number of rotatable bonds is 4. The molecule has 1 aromatic carbocycles. The van der Waals surface area contributed by atoms with Crippen molar-refractivity contribution in [3.63, 3.8) is 0 Å². The molecule has 2 heterocycles. The van der Waals surface area contributed by atoms with E-state index in [0.717, 1.165) is 42.1 Å². The highest BCUT2D eigenvalue weighted by Gasteiger charge is 2.40. The molecule has 24 heavy (non-hydrogen) atoms. The first-order chi connectivity index (χ1) is 11.4. The molecule has 1 saturated heterocycles. The van der Waals surface area contributed by atoms with Gasteiger partial charge in [0, 0.05) is 24.5 Å². The summed E-state index contributed by atoms with van der Waals surface area (Å²) in [5.74, 6) is -1.79. The minimum Gasteiger partial charge on any atom is -0.379 e. The summed E-state index contributed by atoms with van der Waals surface area (Å²) in [4.78, 5) is 14.0. The molecule has 0 spiro atoms. The van der Waals surface area contributed by atoms with Crippen molar-refractivity contribution in [3.8, 4) is 10.4 Å². The summed E-state index contributed by atoms with van der Waals surface area (Å²) >= 11 is 0.873. The van der Waals surface area contributed by atoms with Crippen LogP contribution in [0.3, 0.4) is 0 Å². The normalized spacial score (nSPS) is 16.3. The predicted octanol–water partition coefficient (Wildman–Crippen LogP) is 3.99. The maximum absolute atomic E-state index is 12.5. The Morgan fingerprint density at radius 1 is 1.17 bits per heavy atom. The smallest absolute Gasteiger partial charge is 0.379 e. The van der Waals surface area contributed by atoms with Gasteiger partial charge in [0.25, 0.3) is 5.78 Å². The molecule has 0 aliphatic carbocycles. The third kappa shape index (κ3) is 4.03. The first-order valence-electron chi connectivity index (χ1n) is 7.54. The van der Waals surface area contributed by atoms with Crippen molar-refractivity contribution >= 4 is 17.1 Å². The minimum absolute atomic E-state index is 0.281. The Morgan fingerprint density at radius 2 is 1.92 bits per heavy atom. The second kappa shape index (κ2) is 7.04. The average Bonchev–Trinajstić information content (AvgIpc) is 3.04. The first kappa shape index (κ1) is 17.1. The molecule has 0 radical (unpaired) electrons. The quantitative estimate of drug-likeness (QED) is 0.777. The van der Waals surface area contributed by atoms with Gasteiger partial charge in [0.1, 0.15) is 0 Å². The highest BCUT2D eigenvalue weighted by atomic mass is 32.1. The van der Waals surface area contributed by atoms with Crippen LogP contribution in [-0.4, -0.2) is 43.2 Å². The standard InChI is InChI=1S/C17H16F3NO2S/c18-17(19,20)16(22)15-5-4-14(24-15)13-3-1-2-12(10-13)11-21-6-8-23-9-7-21/h1-5,10H,6-9,11H2. The maximum atomic E-state index is 12.5. The van der Waals surface area contributed by atoms with Gasteiger partial charge in [-0.15, -0.1) is 11.3 Å². The molecule has 1 aromatic heterocycles. The zero-order valence-corrected chi connectivity index (χ0v) is 13.6. The Morgan fingerprint density at radius 3 is 2.62 bits per heavy atom. The number of halogens is 3. The van der Waals surface area contributed by atoms with Crippen LogP contribution in [0.15, 0.2) is 36.4 Å². The van der Waals surface area contributed by atoms with Gasteiger partial charge in [0.2, 0.25) is 0 Å². The lowest BCUT2D eigenvalue weighted by molar-refractivity contribution is -0.0882. The number of benzene rings is 1. The van der Waals surface area contributed by atoms with Crippen molar-refractivity contribution in [2.45, 2.75) is 12.7 Å². The second-order valence-corrected chi connectivity index (χ2v) is 6.66. The molecule has 3 rings (SSSR count). The zero-order chi connectivity index (χ0) is 17.2. The monoisotopic (exact) mass is 355 g/mol. The van der Waals surface area contributed by atoms with Crippen LogP contribution >= 0.6 is 11.3 Å². The molecule has 0 unspecified atom stereocenters. The van der Waals surface area contributed by atoms with E-state index in [4.69, 9.17) is 4.74 Å². The molecule has 1 aliphatic rings. The maximum Gasteiger partial charge on any atom is 0.455 e. The van der Waals surface area contributed by atoms with Crippen LogP contribution < -0.4 is 0 Å². The van der Waals surface area contributed by atoms with Gasteiger partial charge in [-0.2, -0.15) is 13.2 Å². The van der Waals surface area contributed by atoms with Gasteiger partial charge in [-0.05, 0) is 29.3 Å². The lowest BCUT2D eigenvalue weighted by Gasteiger charge is -2.26. The molecular formula is C17H16F3NO2S. The van der Waals surface area contributed by atoms with E-state index >= 15 is 0 Å². The van der Waals surface area contributed by atoms with Gasteiger partial charge in [-0.25, -0.2) is 0 Å². The second-order valence-electron chi connectivity index (χ2n) is 5.58. The molecule has 1 fully saturated rings. The molecule has 3 nitrogen and oxygen atoms in total. The highest BCUT2D eigenvalue weighted by molar-refractivity contribution is 7.17. The van der Waals surface area contributed by atoms with Crippen LogP contribution in [-0.2, 0) is 11.3 Å². The van der Waals surface area contributed by atoms with Crippen molar-refractivity contribution in [1.82, 2.24) is 4.90 Å². The van der Waals surface area contributed by atoms with Crippen molar-refractivity contribution in [2.75, 3.05) is 26.3 Å². The van der Waals surface area contributed by atoms with Crippen molar-refractivity contribution in [3.05, 3.63) is 46.8 Å². The Hall–Kier alpha value is -1.70. The van der Waals surface area contributed by atoms with E-state index in [1.165, 1.54) is 6.07 Å². The predicted molar refractivity (Wildman–Crippen MR) is 86.2 cm³/mol. The third-order valence-electron chi connectivity index (χ3n) is 3.81. The number of ketones is 1. The molecule has 0 amide bonds. The average molecular weight is 355 g/mol. The number of carbonyl (C=O) groups is 1. The molecule has 1 aliphatic heterocycles. The summed E-state index contributed by atoms with van der Waals surface area (Å²) in [6, 6.07) is 10.5. The third-order valence-corrected chi connectivity index (χ3v) is 4.94. The van der Waals surface area contributed by atoms with Gasteiger partial charge in [-0.3, -0.25) is 9.69 Å². The molecule has 128 valence electrons. The van der Waals surface area contributed by atoms with Crippen molar-refractivity contribution < 1.29 is 22.7 Å². The molecule has 0 saturated carbocycles. The van der Waals surface area contributed by atoms with Crippen LogP contribution in [0.1, 0.15) is 15.2 Å². The van der Waals surface area contributed by atoms with E-state index in [1.54, 1.807) is 6.07 Å². The van der Waals surface area contributed by atoms with Crippen LogP contribution in [0.2, 0.25) is 0 Å². The molecule has 0 atom stereocenters. The Bertz CT molecular complexity index is 721. The molecule has 7 heteroatoms. The van der Waals surface area contributed by atoms with Crippen molar-refractivity contribution in [1.29, 1.82) is 0 Å². The van der Waals surface area contributed by atoms with Gasteiger partial charge >= 0.3 is 6.18 Å². The fourth-order valence-electron chi connectivity index (χ4n) is 2.60. The number of alkyl halides is 3. The molecule has 0 N–H and O–H groups in total. The topological polar surface area (TPSA) is 29.5 Å². The largest absolute Gasteiger partial charge is 0.455 e. The number of thiophene rings is 1. The minimum atomic E-state index is -4.83. The summed E-state index contributed by atoms with van der Waals surface area (Å²) in [7, 11) is 0. The number of morpholine rings is 1. The van der Waals surface area contributed by atoms with E-state index in [9.17, 15) is 18.0 Å². The Balaban J connectivity index is 1.76. The van der Waals surface area contributed by atoms with E-state index in [0.29, 0.717) is 18.1 Å². The zero-order valence-electron chi connectivity index (χ0n) is 12.8. The summed E-state index contributed by atoms with van der Waals surface area (Å²) in [6.45, 7) is 3.94. The number of hydrogen-bond donors (Lipinski definition) is 0. The van der Waals surface area contributed by atoms with E-state index in [-0.39, 0.29) is 4.88 Å². The van der Waals surface area contributed by atoms with Crippen molar-refractivity contribution in [2.24, 2.45) is 0 Å². The summed E-state index contributed by atoms with van der Waals surface area (Å²) in [5.41, 5.74) is 1.92. The highest BCUT2D eigenvalue weighted by Crippen LogP contribution is 2.32. The fourth-order valence-corrected chi connectivity index (χ4v) is 3.56. The fraction of sp³-hybridized carbons (Fsp3) is 0.353. The number of ether oxygens (including phenoxy) is 1. The first-order valence-corrected chi connectivity index (χ1v) is 8.36. The number of carbonyl (C=O) groups excluding carboxylic acids is 1. The number of Topliss-reactive ketones (excluding diaryl/α,β-unsaturated/α-hetero) is 1. The summed E-state index contributed by atoms with van der Waals surface area (Å²) < 4.78 is 42.9. The lowest BCUT2D eigenvalue weighted by atomic mass is 10.1.